The molecule has 0 aliphatic carbocycles. The molecule has 8 heteroatoms. The summed E-state index contributed by atoms with van der Waals surface area (Å²) in [6.07, 6.45) is 0. The number of nitro groups is 1. The SMILES string of the molecule is C=C(C)C(=O)[O-].O=C([O-])c1c([N+](=O)[O-])ccc2ccccc12.[Zn+2]. The number of benzene rings is 2. The van der Waals surface area contributed by atoms with Crippen LogP contribution in [0.5, 0.6) is 0 Å². The molecule has 0 fully saturated rings. The van der Waals surface area contributed by atoms with Gasteiger partial charge in [0.15, 0.2) is 0 Å². The monoisotopic (exact) mass is 365 g/mol. The largest absolute Gasteiger partial charge is 2.00 e. The van der Waals surface area contributed by atoms with E-state index in [4.69, 9.17) is 0 Å². The number of hydrogen-bond donors (Lipinski definition) is 0. The summed E-state index contributed by atoms with van der Waals surface area (Å²) in [6.45, 7) is 4.48. The third-order valence-corrected chi connectivity index (χ3v) is 2.66. The molecule has 0 spiro atoms. The number of aromatic carboxylic acids is 1. The summed E-state index contributed by atoms with van der Waals surface area (Å²) in [7, 11) is 0. The number of carbonyl (C=O) groups is 2. The molecule has 0 aliphatic heterocycles. The van der Waals surface area contributed by atoms with Gasteiger partial charge in [0.2, 0.25) is 0 Å². The predicted molar refractivity (Wildman–Crippen MR) is 74.8 cm³/mol. The van der Waals surface area contributed by atoms with Gasteiger partial charge in [-0.25, -0.2) is 0 Å². The third kappa shape index (κ3) is 5.27. The summed E-state index contributed by atoms with van der Waals surface area (Å²) in [5.74, 6) is -2.72. The summed E-state index contributed by atoms with van der Waals surface area (Å²) < 4.78 is 0. The van der Waals surface area contributed by atoms with Gasteiger partial charge in [-0.3, -0.25) is 10.1 Å². The average molecular weight is 367 g/mol. The van der Waals surface area contributed by atoms with E-state index in [9.17, 15) is 29.9 Å². The molecule has 0 bridgehead atoms. The van der Waals surface area contributed by atoms with Crippen molar-refractivity contribution in [1.82, 2.24) is 0 Å². The van der Waals surface area contributed by atoms with E-state index in [0.717, 1.165) is 0 Å². The van der Waals surface area contributed by atoms with Crippen LogP contribution < -0.4 is 10.2 Å². The maximum atomic E-state index is 10.9. The molecule has 0 amide bonds. The van der Waals surface area contributed by atoms with Crippen molar-refractivity contribution < 1.29 is 44.2 Å². The number of fused-ring (bicyclic) bond motifs is 1. The van der Waals surface area contributed by atoms with Crippen LogP contribution in [0.3, 0.4) is 0 Å². The molecule has 23 heavy (non-hydrogen) atoms. The number of aliphatic carboxylic acids is 1. The van der Waals surface area contributed by atoms with Crippen LogP contribution in [-0.4, -0.2) is 16.9 Å². The Morgan fingerprint density at radius 1 is 1.09 bits per heavy atom. The van der Waals surface area contributed by atoms with E-state index in [0.29, 0.717) is 10.8 Å². The van der Waals surface area contributed by atoms with E-state index in [1.165, 1.54) is 25.1 Å². The smallest absolute Gasteiger partial charge is 0.545 e. The molecule has 2 aromatic carbocycles. The van der Waals surface area contributed by atoms with E-state index in [1.807, 2.05) is 0 Å². The van der Waals surface area contributed by atoms with Gasteiger partial charge in [-0.2, -0.15) is 0 Å². The summed E-state index contributed by atoms with van der Waals surface area (Å²) >= 11 is 0. The fraction of sp³-hybridized carbons (Fsp3) is 0.0667. The first-order valence-corrected chi connectivity index (χ1v) is 6.00. The first-order valence-electron chi connectivity index (χ1n) is 6.00. The molecule has 0 saturated heterocycles. The van der Waals surface area contributed by atoms with Crippen molar-refractivity contribution in [3.63, 3.8) is 0 Å². The van der Waals surface area contributed by atoms with Crippen LogP contribution in [0.2, 0.25) is 0 Å². The number of carboxylic acids is 2. The molecule has 0 atom stereocenters. The molecule has 2 aromatic rings. The number of nitrogens with zero attached hydrogens (tertiary/aromatic N) is 1. The van der Waals surface area contributed by atoms with Gasteiger partial charge in [0.1, 0.15) is 0 Å². The van der Waals surface area contributed by atoms with Gasteiger partial charge in [-0.15, -0.1) is 0 Å². The van der Waals surface area contributed by atoms with Gasteiger partial charge in [0, 0.05) is 6.07 Å². The number of hydrogen-bond acceptors (Lipinski definition) is 6. The molecule has 7 nitrogen and oxygen atoms in total. The zero-order valence-corrected chi connectivity index (χ0v) is 15.2. The Hall–Kier alpha value is -2.60. The zero-order valence-electron chi connectivity index (χ0n) is 12.3. The molecule has 0 unspecified atom stereocenters. The molecular formula is C15H11NO6Zn. The number of nitro benzene ring substituents is 1. The molecule has 0 radical (unpaired) electrons. The molecule has 0 aliphatic rings. The number of rotatable bonds is 3. The Bertz CT molecular complexity index is 760. The van der Waals surface area contributed by atoms with E-state index < -0.39 is 22.5 Å². The molecule has 0 N–H and O–H groups in total. The quantitative estimate of drug-likeness (QED) is 0.335. The van der Waals surface area contributed by atoms with Gasteiger partial charge in [-0.1, -0.05) is 30.8 Å². The van der Waals surface area contributed by atoms with Gasteiger partial charge in [0.05, 0.1) is 22.4 Å². The first kappa shape index (κ1) is 20.4. The van der Waals surface area contributed by atoms with Crippen LogP contribution in [0.1, 0.15) is 17.3 Å². The maximum absolute atomic E-state index is 10.9. The van der Waals surface area contributed by atoms with Crippen LogP contribution in [0.15, 0.2) is 48.6 Å². The summed E-state index contributed by atoms with van der Waals surface area (Å²) in [5, 5.41) is 32.0. The van der Waals surface area contributed by atoms with E-state index in [2.05, 4.69) is 6.58 Å². The Morgan fingerprint density at radius 3 is 2.04 bits per heavy atom. The first-order chi connectivity index (χ1) is 10.3. The second kappa shape index (κ2) is 8.75. The standard InChI is InChI=1S/C11H7NO4.C4H6O2.Zn/c13-11(14)10-8-4-2-1-3-7(8)5-6-9(10)12(15)16;1-3(2)4(5)6;/h1-6H,(H,13,14);1H2,2H3,(H,5,6);/q;;+2/p-2. The predicted octanol–water partition coefficient (Wildman–Crippen LogP) is 0.421. The van der Waals surface area contributed by atoms with Crippen LogP contribution in [-0.2, 0) is 24.3 Å². The fourth-order valence-corrected chi connectivity index (χ4v) is 1.63. The summed E-state index contributed by atoms with van der Waals surface area (Å²) in [5.41, 5.74) is -0.753. The average Bonchev–Trinajstić information content (AvgIpc) is 2.46. The van der Waals surface area contributed by atoms with E-state index in [-0.39, 0.29) is 30.6 Å². The van der Waals surface area contributed by atoms with E-state index in [1.54, 1.807) is 18.2 Å². The normalized spacial score (nSPS) is 9.09. The molecular weight excluding hydrogens is 356 g/mol. The second-order valence-electron chi connectivity index (χ2n) is 4.29. The summed E-state index contributed by atoms with van der Waals surface area (Å²) in [6, 6.07) is 9.25. The van der Waals surface area contributed by atoms with Crippen LogP contribution >= 0.6 is 0 Å². The van der Waals surface area contributed by atoms with Crippen molar-refractivity contribution in [3.8, 4) is 0 Å². The topological polar surface area (TPSA) is 123 Å². The van der Waals surface area contributed by atoms with Crippen molar-refractivity contribution in [2.24, 2.45) is 0 Å². The molecule has 114 valence electrons. The fourth-order valence-electron chi connectivity index (χ4n) is 1.63. The minimum atomic E-state index is -1.54. The number of carbonyl (C=O) groups excluding carboxylic acids is 2. The van der Waals surface area contributed by atoms with Crippen molar-refractivity contribution in [3.05, 3.63) is 64.2 Å². The Kier molecular flexibility index (Phi) is 7.76. The Morgan fingerprint density at radius 2 is 1.61 bits per heavy atom. The van der Waals surface area contributed by atoms with E-state index >= 15 is 0 Å². The molecule has 0 heterocycles. The molecule has 2 rings (SSSR count). The van der Waals surface area contributed by atoms with Crippen molar-refractivity contribution in [2.45, 2.75) is 6.92 Å². The zero-order chi connectivity index (χ0) is 16.9. The third-order valence-electron chi connectivity index (χ3n) is 2.66. The summed E-state index contributed by atoms with van der Waals surface area (Å²) in [4.78, 5) is 30.4. The Balaban J connectivity index is 0.000000599. The number of carboxylic acid groups (broad SMARTS) is 2. The van der Waals surface area contributed by atoms with Crippen molar-refractivity contribution in [2.75, 3.05) is 0 Å². The minimum absolute atomic E-state index is 0. The van der Waals surface area contributed by atoms with Crippen molar-refractivity contribution >= 4 is 28.4 Å². The van der Waals surface area contributed by atoms with Gasteiger partial charge >= 0.3 is 19.5 Å². The minimum Gasteiger partial charge on any atom is -0.545 e. The van der Waals surface area contributed by atoms with Crippen LogP contribution in [0, 0.1) is 10.1 Å². The van der Waals surface area contributed by atoms with Crippen molar-refractivity contribution in [1.29, 1.82) is 0 Å². The van der Waals surface area contributed by atoms with Gasteiger partial charge < -0.3 is 19.8 Å². The van der Waals surface area contributed by atoms with Gasteiger partial charge in [0.25, 0.3) is 5.69 Å². The van der Waals surface area contributed by atoms with Crippen LogP contribution in [0.25, 0.3) is 10.8 Å². The maximum Gasteiger partial charge on any atom is 2.00 e. The van der Waals surface area contributed by atoms with Gasteiger partial charge in [-0.05, 0) is 29.3 Å². The Labute approximate surface area is 144 Å². The molecule has 0 saturated carbocycles. The van der Waals surface area contributed by atoms with Crippen LogP contribution in [0.4, 0.5) is 5.69 Å². The molecule has 0 aromatic heterocycles. The second-order valence-corrected chi connectivity index (χ2v) is 4.29.